The van der Waals surface area contributed by atoms with E-state index in [4.69, 9.17) is 5.73 Å². The van der Waals surface area contributed by atoms with Gasteiger partial charge in [0.05, 0.1) is 6.04 Å². The van der Waals surface area contributed by atoms with Crippen LogP contribution in [0.4, 0.5) is 5.69 Å². The van der Waals surface area contributed by atoms with Gasteiger partial charge in [-0.1, -0.05) is 20.3 Å². The number of hydrogen-bond donors (Lipinski definition) is 1. The van der Waals surface area contributed by atoms with Crippen molar-refractivity contribution >= 4 is 11.5 Å². The molecule has 0 aromatic heterocycles. The van der Waals surface area contributed by atoms with Crippen LogP contribution in [0.1, 0.15) is 56.3 Å². The van der Waals surface area contributed by atoms with Crippen molar-refractivity contribution in [2.24, 2.45) is 0 Å². The summed E-state index contributed by atoms with van der Waals surface area (Å²) in [6.45, 7) is 5.39. The van der Waals surface area contributed by atoms with Crippen LogP contribution in [-0.4, -0.2) is 29.3 Å². The molecule has 1 aliphatic rings. The van der Waals surface area contributed by atoms with Gasteiger partial charge >= 0.3 is 0 Å². The average Bonchev–Trinajstić information content (AvgIpc) is 2.49. The zero-order valence-corrected chi connectivity index (χ0v) is 12.6. The predicted octanol–water partition coefficient (Wildman–Crippen LogP) is 3.49. The van der Waals surface area contributed by atoms with Gasteiger partial charge in [0.25, 0.3) is 0 Å². The van der Waals surface area contributed by atoms with Gasteiger partial charge < -0.3 is 5.73 Å². The van der Waals surface area contributed by atoms with E-state index in [1.54, 1.807) is 0 Å². The number of benzene rings is 1. The summed E-state index contributed by atoms with van der Waals surface area (Å²) in [4.78, 5) is 15.2. The van der Waals surface area contributed by atoms with Crippen LogP contribution in [0.5, 0.6) is 0 Å². The summed E-state index contributed by atoms with van der Waals surface area (Å²) in [5.41, 5.74) is 7.19. The highest BCUT2D eigenvalue weighted by molar-refractivity contribution is 6.00. The van der Waals surface area contributed by atoms with Gasteiger partial charge in [0, 0.05) is 17.3 Å². The third-order valence-corrected chi connectivity index (χ3v) is 4.43. The Morgan fingerprint density at radius 2 is 2.00 bits per heavy atom. The van der Waals surface area contributed by atoms with Gasteiger partial charge in [0.15, 0.2) is 5.78 Å². The van der Waals surface area contributed by atoms with Crippen LogP contribution in [0.25, 0.3) is 0 Å². The molecule has 2 atom stereocenters. The molecule has 0 spiro atoms. The van der Waals surface area contributed by atoms with Gasteiger partial charge in [-0.2, -0.15) is 0 Å². The van der Waals surface area contributed by atoms with Gasteiger partial charge in [0.1, 0.15) is 0 Å². The van der Waals surface area contributed by atoms with Crippen LogP contribution < -0.4 is 5.73 Å². The lowest BCUT2D eigenvalue weighted by Crippen LogP contribution is -2.49. The van der Waals surface area contributed by atoms with Crippen molar-refractivity contribution in [3.63, 3.8) is 0 Å². The van der Waals surface area contributed by atoms with Gasteiger partial charge in [-0.15, -0.1) is 0 Å². The summed E-state index contributed by atoms with van der Waals surface area (Å²) in [5.74, 6) is 0.243. The fourth-order valence-corrected chi connectivity index (χ4v) is 3.28. The molecule has 1 aromatic carbocycles. The number of nitrogens with zero attached hydrogens (tertiary/aromatic N) is 1. The molecule has 3 heteroatoms. The Hall–Kier alpha value is -1.35. The molecular formula is C17H26N2O. The molecule has 0 amide bonds. The maximum atomic E-state index is 12.8. The molecule has 2 rings (SSSR count). The summed E-state index contributed by atoms with van der Waals surface area (Å²) in [6.07, 6.45) is 5.73. The van der Waals surface area contributed by atoms with E-state index in [1.165, 1.54) is 19.3 Å². The van der Waals surface area contributed by atoms with E-state index >= 15 is 0 Å². The van der Waals surface area contributed by atoms with Gasteiger partial charge in [0.2, 0.25) is 0 Å². The molecule has 0 aliphatic carbocycles. The third kappa shape index (κ3) is 3.21. The summed E-state index contributed by atoms with van der Waals surface area (Å²) >= 11 is 0. The largest absolute Gasteiger partial charge is 0.399 e. The fraction of sp³-hybridized carbons (Fsp3) is 0.588. The van der Waals surface area contributed by atoms with Crippen molar-refractivity contribution in [3.05, 3.63) is 29.8 Å². The quantitative estimate of drug-likeness (QED) is 0.660. The zero-order chi connectivity index (χ0) is 14.5. The molecule has 110 valence electrons. The minimum absolute atomic E-state index is 0.0175. The predicted molar refractivity (Wildman–Crippen MR) is 83.9 cm³/mol. The second kappa shape index (κ2) is 6.89. The first-order valence-corrected chi connectivity index (χ1v) is 7.82. The normalized spacial score (nSPS) is 21.6. The lowest BCUT2D eigenvalue weighted by Gasteiger charge is -2.40. The maximum absolute atomic E-state index is 12.8. The number of Topliss-reactive ketones (excluding diaryl/α,β-unsaturated/α-hetero) is 1. The Morgan fingerprint density at radius 1 is 1.30 bits per heavy atom. The van der Waals surface area contributed by atoms with Crippen LogP contribution in [0.3, 0.4) is 0 Å². The molecular weight excluding hydrogens is 248 g/mol. The highest BCUT2D eigenvalue weighted by atomic mass is 16.1. The van der Waals surface area contributed by atoms with Crippen LogP contribution in [-0.2, 0) is 0 Å². The van der Waals surface area contributed by atoms with E-state index in [9.17, 15) is 4.79 Å². The lowest BCUT2D eigenvalue weighted by molar-refractivity contribution is 0.0611. The summed E-state index contributed by atoms with van der Waals surface area (Å²) < 4.78 is 0. The molecule has 0 saturated carbocycles. The molecule has 2 unspecified atom stereocenters. The number of carbonyl (C=O) groups excluding carboxylic acids is 1. The molecule has 0 bridgehead atoms. The first kappa shape index (κ1) is 15.0. The maximum Gasteiger partial charge on any atom is 0.179 e. The van der Waals surface area contributed by atoms with E-state index in [2.05, 4.69) is 18.7 Å². The van der Waals surface area contributed by atoms with Crippen molar-refractivity contribution in [2.75, 3.05) is 12.3 Å². The number of ketones is 1. The monoisotopic (exact) mass is 274 g/mol. The molecule has 20 heavy (non-hydrogen) atoms. The van der Waals surface area contributed by atoms with E-state index < -0.39 is 0 Å². The highest BCUT2D eigenvalue weighted by Gasteiger charge is 2.31. The van der Waals surface area contributed by atoms with Crippen molar-refractivity contribution in [3.8, 4) is 0 Å². The SMILES string of the molecule is CCC1CCCCN1C(CC)C(=O)c1ccc(N)cc1. The second-order valence-corrected chi connectivity index (χ2v) is 5.71. The number of likely N-dealkylation sites (tertiary alicyclic amines) is 1. The highest BCUT2D eigenvalue weighted by Crippen LogP contribution is 2.25. The average molecular weight is 274 g/mol. The fourth-order valence-electron chi connectivity index (χ4n) is 3.28. The van der Waals surface area contributed by atoms with Gasteiger partial charge in [-0.25, -0.2) is 0 Å². The number of nitrogen functional groups attached to an aromatic ring is 1. The third-order valence-electron chi connectivity index (χ3n) is 4.43. The van der Waals surface area contributed by atoms with Crippen molar-refractivity contribution in [1.29, 1.82) is 0 Å². The van der Waals surface area contributed by atoms with E-state index in [1.807, 2.05) is 24.3 Å². The lowest BCUT2D eigenvalue weighted by atomic mass is 9.93. The summed E-state index contributed by atoms with van der Waals surface area (Å²) in [6, 6.07) is 7.91. The zero-order valence-electron chi connectivity index (χ0n) is 12.6. The standard InChI is InChI=1S/C17H26N2O/c1-3-15-7-5-6-12-19(15)16(4-2)17(20)13-8-10-14(18)11-9-13/h8-11,15-16H,3-7,12,18H2,1-2H3. The Labute approximate surface area is 122 Å². The molecule has 2 N–H and O–H groups in total. The topological polar surface area (TPSA) is 46.3 Å². The van der Waals surface area contributed by atoms with Crippen molar-refractivity contribution in [1.82, 2.24) is 4.90 Å². The first-order chi connectivity index (χ1) is 9.67. The van der Waals surface area contributed by atoms with Crippen LogP contribution in [0, 0.1) is 0 Å². The molecule has 1 aliphatic heterocycles. The van der Waals surface area contributed by atoms with Crippen LogP contribution in [0.15, 0.2) is 24.3 Å². The van der Waals surface area contributed by atoms with Crippen LogP contribution >= 0.6 is 0 Å². The minimum Gasteiger partial charge on any atom is -0.399 e. The van der Waals surface area contributed by atoms with Crippen molar-refractivity contribution in [2.45, 2.75) is 58.0 Å². The second-order valence-electron chi connectivity index (χ2n) is 5.71. The molecule has 1 heterocycles. The number of piperidine rings is 1. The van der Waals surface area contributed by atoms with E-state index in [0.29, 0.717) is 11.7 Å². The summed E-state index contributed by atoms with van der Waals surface area (Å²) in [5, 5.41) is 0. The Bertz CT molecular complexity index is 441. The summed E-state index contributed by atoms with van der Waals surface area (Å²) in [7, 11) is 0. The molecule has 1 saturated heterocycles. The van der Waals surface area contributed by atoms with Gasteiger partial charge in [-0.05, 0) is 56.5 Å². The number of rotatable bonds is 5. The number of anilines is 1. The van der Waals surface area contributed by atoms with Gasteiger partial charge in [-0.3, -0.25) is 9.69 Å². The Balaban J connectivity index is 2.17. The Kier molecular flexibility index (Phi) is 5.18. The molecule has 3 nitrogen and oxygen atoms in total. The Morgan fingerprint density at radius 3 is 2.60 bits per heavy atom. The number of hydrogen-bond acceptors (Lipinski definition) is 3. The van der Waals surface area contributed by atoms with Crippen molar-refractivity contribution < 1.29 is 4.79 Å². The van der Waals surface area contributed by atoms with E-state index in [0.717, 1.165) is 24.9 Å². The van der Waals surface area contributed by atoms with E-state index in [-0.39, 0.29) is 11.8 Å². The molecule has 0 radical (unpaired) electrons. The van der Waals surface area contributed by atoms with Crippen LogP contribution in [0.2, 0.25) is 0 Å². The molecule has 1 aromatic rings. The number of nitrogens with two attached hydrogens (primary N) is 1. The molecule has 1 fully saturated rings. The number of carbonyl (C=O) groups is 1. The first-order valence-electron chi connectivity index (χ1n) is 7.82. The smallest absolute Gasteiger partial charge is 0.179 e. The minimum atomic E-state index is 0.0175.